The summed E-state index contributed by atoms with van der Waals surface area (Å²) in [4.78, 5) is 4.69. The molecule has 0 spiro atoms. The van der Waals surface area contributed by atoms with E-state index in [0.29, 0.717) is 6.54 Å². The van der Waals surface area contributed by atoms with Gasteiger partial charge in [0.2, 0.25) is 0 Å². The van der Waals surface area contributed by atoms with Gasteiger partial charge in [0.15, 0.2) is 0 Å². The third kappa shape index (κ3) is 2.64. The zero-order valence-corrected chi connectivity index (χ0v) is 10.7. The molecule has 3 rings (SSSR count). The SMILES string of the molecule is NCc1ccc(Cc2ccc3ccccc3n2)cc1. The molecule has 2 N–H and O–H groups in total. The Labute approximate surface area is 112 Å². The van der Waals surface area contributed by atoms with Crippen molar-refractivity contribution >= 4 is 10.9 Å². The summed E-state index contributed by atoms with van der Waals surface area (Å²) in [6, 6.07) is 20.8. The van der Waals surface area contributed by atoms with Crippen molar-refractivity contribution in [2.75, 3.05) is 0 Å². The van der Waals surface area contributed by atoms with Gasteiger partial charge >= 0.3 is 0 Å². The lowest BCUT2D eigenvalue weighted by Gasteiger charge is -2.04. The van der Waals surface area contributed by atoms with Gasteiger partial charge in [-0.1, -0.05) is 48.5 Å². The second-order valence-electron chi connectivity index (χ2n) is 4.69. The van der Waals surface area contributed by atoms with Crippen LogP contribution >= 0.6 is 0 Å². The van der Waals surface area contributed by atoms with Crippen molar-refractivity contribution in [3.8, 4) is 0 Å². The van der Waals surface area contributed by atoms with Crippen LogP contribution in [0, 0.1) is 0 Å². The van der Waals surface area contributed by atoms with Crippen molar-refractivity contribution < 1.29 is 0 Å². The standard InChI is InChI=1S/C17H16N2/c18-12-14-7-5-13(6-8-14)11-16-10-9-15-3-1-2-4-17(15)19-16/h1-10H,11-12,18H2. The predicted molar refractivity (Wildman–Crippen MR) is 78.9 cm³/mol. The molecule has 0 aliphatic rings. The van der Waals surface area contributed by atoms with Crippen molar-refractivity contribution in [1.29, 1.82) is 0 Å². The molecule has 0 fully saturated rings. The molecule has 2 nitrogen and oxygen atoms in total. The van der Waals surface area contributed by atoms with Crippen LogP contribution in [0.5, 0.6) is 0 Å². The Kier molecular flexibility index (Phi) is 3.25. The number of hydrogen-bond donors (Lipinski definition) is 1. The maximum atomic E-state index is 5.60. The minimum absolute atomic E-state index is 0.592. The molecule has 0 bridgehead atoms. The van der Waals surface area contributed by atoms with E-state index in [1.807, 2.05) is 12.1 Å². The van der Waals surface area contributed by atoms with Crippen LogP contribution < -0.4 is 5.73 Å². The molecule has 0 amide bonds. The average molecular weight is 248 g/mol. The summed E-state index contributed by atoms with van der Waals surface area (Å²) in [5, 5.41) is 1.18. The second kappa shape index (κ2) is 5.21. The van der Waals surface area contributed by atoms with Crippen molar-refractivity contribution in [3.63, 3.8) is 0 Å². The summed E-state index contributed by atoms with van der Waals surface area (Å²) in [5.41, 5.74) is 10.2. The molecule has 2 heteroatoms. The van der Waals surface area contributed by atoms with Gasteiger partial charge in [0, 0.05) is 24.0 Å². The lowest BCUT2D eigenvalue weighted by molar-refractivity contribution is 1.05. The van der Waals surface area contributed by atoms with Gasteiger partial charge in [0.25, 0.3) is 0 Å². The van der Waals surface area contributed by atoms with Crippen molar-refractivity contribution in [3.05, 3.63) is 77.5 Å². The molecule has 0 unspecified atom stereocenters. The lowest BCUT2D eigenvalue weighted by atomic mass is 10.1. The number of nitrogens with zero attached hydrogens (tertiary/aromatic N) is 1. The zero-order valence-electron chi connectivity index (χ0n) is 10.7. The first-order chi connectivity index (χ1) is 9.35. The van der Waals surface area contributed by atoms with Gasteiger partial charge in [0.1, 0.15) is 0 Å². The fraction of sp³-hybridized carbons (Fsp3) is 0.118. The summed E-state index contributed by atoms with van der Waals surface area (Å²) in [5.74, 6) is 0. The van der Waals surface area contributed by atoms with E-state index in [2.05, 4.69) is 53.5 Å². The van der Waals surface area contributed by atoms with Crippen molar-refractivity contribution in [1.82, 2.24) is 4.98 Å². The summed E-state index contributed by atoms with van der Waals surface area (Å²) < 4.78 is 0. The van der Waals surface area contributed by atoms with Crippen molar-refractivity contribution in [2.24, 2.45) is 5.73 Å². The Hall–Kier alpha value is -2.19. The maximum Gasteiger partial charge on any atom is 0.0705 e. The smallest absolute Gasteiger partial charge is 0.0705 e. The Balaban J connectivity index is 1.87. The van der Waals surface area contributed by atoms with Gasteiger partial charge in [-0.25, -0.2) is 0 Å². The van der Waals surface area contributed by atoms with Gasteiger partial charge < -0.3 is 5.73 Å². The molecule has 0 saturated carbocycles. The first-order valence-corrected chi connectivity index (χ1v) is 6.48. The number of fused-ring (bicyclic) bond motifs is 1. The van der Waals surface area contributed by atoms with E-state index in [1.54, 1.807) is 0 Å². The van der Waals surface area contributed by atoms with Gasteiger partial charge in [-0.3, -0.25) is 4.98 Å². The van der Waals surface area contributed by atoms with E-state index in [-0.39, 0.29) is 0 Å². The summed E-state index contributed by atoms with van der Waals surface area (Å²) in [6.45, 7) is 0.592. The third-order valence-corrected chi connectivity index (χ3v) is 3.30. The topological polar surface area (TPSA) is 38.9 Å². The number of pyridine rings is 1. The first-order valence-electron chi connectivity index (χ1n) is 6.48. The predicted octanol–water partition coefficient (Wildman–Crippen LogP) is 3.28. The molecular weight excluding hydrogens is 232 g/mol. The Morgan fingerprint density at radius 3 is 2.32 bits per heavy atom. The minimum Gasteiger partial charge on any atom is -0.326 e. The van der Waals surface area contributed by atoms with Crippen LogP contribution in [0.2, 0.25) is 0 Å². The average Bonchev–Trinajstić information content (AvgIpc) is 2.48. The Bertz CT molecular complexity index is 687. The highest BCUT2D eigenvalue weighted by Gasteiger charge is 2.00. The molecule has 1 heterocycles. The first kappa shape index (κ1) is 11.9. The van der Waals surface area contributed by atoms with E-state index in [0.717, 1.165) is 23.2 Å². The maximum absolute atomic E-state index is 5.60. The summed E-state index contributed by atoms with van der Waals surface area (Å²) in [7, 11) is 0. The molecule has 0 aliphatic heterocycles. The fourth-order valence-electron chi connectivity index (χ4n) is 2.21. The van der Waals surface area contributed by atoms with E-state index >= 15 is 0 Å². The van der Waals surface area contributed by atoms with Crippen LogP contribution in [-0.4, -0.2) is 4.98 Å². The number of nitrogens with two attached hydrogens (primary N) is 1. The monoisotopic (exact) mass is 248 g/mol. The third-order valence-electron chi connectivity index (χ3n) is 3.30. The van der Waals surface area contributed by atoms with E-state index in [1.165, 1.54) is 10.9 Å². The quantitative estimate of drug-likeness (QED) is 0.772. The van der Waals surface area contributed by atoms with E-state index < -0.39 is 0 Å². The van der Waals surface area contributed by atoms with E-state index in [9.17, 15) is 0 Å². The van der Waals surface area contributed by atoms with Crippen LogP contribution in [0.1, 0.15) is 16.8 Å². The second-order valence-corrected chi connectivity index (χ2v) is 4.69. The normalized spacial score (nSPS) is 10.8. The van der Waals surface area contributed by atoms with E-state index in [4.69, 9.17) is 5.73 Å². The van der Waals surface area contributed by atoms with Crippen LogP contribution in [-0.2, 0) is 13.0 Å². The Morgan fingerprint density at radius 2 is 1.53 bits per heavy atom. The number of para-hydroxylation sites is 1. The Morgan fingerprint density at radius 1 is 0.789 bits per heavy atom. The highest BCUT2D eigenvalue weighted by molar-refractivity contribution is 5.78. The molecular formula is C17H16N2. The lowest BCUT2D eigenvalue weighted by Crippen LogP contribution is -1.97. The number of benzene rings is 2. The highest BCUT2D eigenvalue weighted by Crippen LogP contribution is 2.14. The molecule has 0 saturated heterocycles. The minimum atomic E-state index is 0.592. The number of rotatable bonds is 3. The number of aromatic nitrogens is 1. The molecule has 19 heavy (non-hydrogen) atoms. The van der Waals surface area contributed by atoms with Gasteiger partial charge in [-0.2, -0.15) is 0 Å². The van der Waals surface area contributed by atoms with Crippen LogP contribution in [0.3, 0.4) is 0 Å². The fourth-order valence-corrected chi connectivity index (χ4v) is 2.21. The van der Waals surface area contributed by atoms with Gasteiger partial charge in [-0.15, -0.1) is 0 Å². The summed E-state index contributed by atoms with van der Waals surface area (Å²) in [6.07, 6.45) is 0.857. The van der Waals surface area contributed by atoms with Gasteiger partial charge in [0.05, 0.1) is 5.52 Å². The molecule has 3 aromatic rings. The summed E-state index contributed by atoms with van der Waals surface area (Å²) >= 11 is 0. The molecule has 94 valence electrons. The van der Waals surface area contributed by atoms with Crippen LogP contribution in [0.15, 0.2) is 60.7 Å². The van der Waals surface area contributed by atoms with Crippen LogP contribution in [0.4, 0.5) is 0 Å². The largest absolute Gasteiger partial charge is 0.326 e. The molecule has 1 aromatic heterocycles. The van der Waals surface area contributed by atoms with Crippen molar-refractivity contribution in [2.45, 2.75) is 13.0 Å². The molecule has 0 atom stereocenters. The molecule has 0 aliphatic carbocycles. The zero-order chi connectivity index (χ0) is 13.1. The highest BCUT2D eigenvalue weighted by atomic mass is 14.7. The van der Waals surface area contributed by atoms with Gasteiger partial charge in [-0.05, 0) is 23.3 Å². The van der Waals surface area contributed by atoms with Crippen LogP contribution in [0.25, 0.3) is 10.9 Å². The number of hydrogen-bond acceptors (Lipinski definition) is 2. The molecule has 2 aromatic carbocycles. The molecule has 0 radical (unpaired) electrons.